The molecule has 2 aromatic rings. The lowest BCUT2D eigenvalue weighted by Gasteiger charge is -2.11. The second-order valence-electron chi connectivity index (χ2n) is 4.34. The molecule has 0 bridgehead atoms. The molecule has 5 heteroatoms. The Labute approximate surface area is 136 Å². The summed E-state index contributed by atoms with van der Waals surface area (Å²) in [4.78, 5) is 12.2. The van der Waals surface area contributed by atoms with Crippen LogP contribution in [0.2, 0.25) is 10.0 Å². The summed E-state index contributed by atoms with van der Waals surface area (Å²) >= 11 is 15.6. The Hall–Kier alpha value is -1.03. The highest BCUT2D eigenvalue weighted by Gasteiger charge is 2.13. The van der Waals surface area contributed by atoms with Gasteiger partial charge in [-0.1, -0.05) is 57.3 Å². The summed E-state index contributed by atoms with van der Waals surface area (Å²) in [5.74, 6) is -0.236. The number of aryl methyl sites for hydroxylation is 1. The molecule has 0 radical (unpaired) electrons. The van der Waals surface area contributed by atoms with Gasteiger partial charge in [-0.3, -0.25) is 4.79 Å². The summed E-state index contributed by atoms with van der Waals surface area (Å²) < 4.78 is 0. The van der Waals surface area contributed by atoms with Crippen LogP contribution in [-0.2, 0) is 5.33 Å². The van der Waals surface area contributed by atoms with Crippen LogP contribution in [0.3, 0.4) is 0 Å². The predicted molar refractivity (Wildman–Crippen MR) is 88.2 cm³/mol. The Morgan fingerprint density at radius 3 is 2.40 bits per heavy atom. The van der Waals surface area contributed by atoms with Crippen molar-refractivity contribution in [3.8, 4) is 0 Å². The number of alkyl halides is 1. The second-order valence-corrected chi connectivity index (χ2v) is 5.68. The number of carbonyl (C=O) groups is 1. The van der Waals surface area contributed by atoms with Crippen molar-refractivity contribution in [2.24, 2.45) is 0 Å². The third kappa shape index (κ3) is 3.35. The molecule has 1 amide bonds. The molecule has 0 heterocycles. The van der Waals surface area contributed by atoms with Gasteiger partial charge in [0.05, 0.1) is 15.7 Å². The quantitative estimate of drug-likeness (QED) is 0.713. The summed E-state index contributed by atoms with van der Waals surface area (Å²) in [5.41, 5.74) is 2.97. The molecular weight excluding hydrogens is 361 g/mol. The summed E-state index contributed by atoms with van der Waals surface area (Å²) in [7, 11) is 0. The molecule has 2 nitrogen and oxygen atoms in total. The second kappa shape index (κ2) is 6.61. The Balaban J connectivity index is 2.25. The molecule has 0 saturated heterocycles. The molecule has 2 aromatic carbocycles. The number of rotatable bonds is 3. The van der Waals surface area contributed by atoms with Crippen molar-refractivity contribution in [3.63, 3.8) is 0 Å². The first-order valence-corrected chi connectivity index (χ1v) is 7.81. The first-order chi connectivity index (χ1) is 9.52. The number of hydrogen-bond donors (Lipinski definition) is 1. The van der Waals surface area contributed by atoms with E-state index in [0.29, 0.717) is 21.3 Å². The van der Waals surface area contributed by atoms with E-state index in [-0.39, 0.29) is 5.91 Å². The van der Waals surface area contributed by atoms with Gasteiger partial charge >= 0.3 is 0 Å². The molecule has 0 spiro atoms. The van der Waals surface area contributed by atoms with E-state index in [0.717, 1.165) is 16.5 Å². The van der Waals surface area contributed by atoms with Crippen molar-refractivity contribution in [1.29, 1.82) is 0 Å². The van der Waals surface area contributed by atoms with Crippen LogP contribution in [0.25, 0.3) is 0 Å². The molecule has 0 unspecified atom stereocenters. The van der Waals surface area contributed by atoms with Crippen LogP contribution in [-0.4, -0.2) is 5.91 Å². The van der Waals surface area contributed by atoms with E-state index in [1.54, 1.807) is 18.2 Å². The molecule has 104 valence electrons. The Morgan fingerprint density at radius 2 is 1.80 bits per heavy atom. The minimum Gasteiger partial charge on any atom is -0.319 e. The summed E-state index contributed by atoms with van der Waals surface area (Å²) in [5, 5.41) is 4.40. The van der Waals surface area contributed by atoms with E-state index >= 15 is 0 Å². The minimum atomic E-state index is -0.236. The van der Waals surface area contributed by atoms with Gasteiger partial charge in [0.25, 0.3) is 5.91 Å². The monoisotopic (exact) mass is 371 g/mol. The maximum absolute atomic E-state index is 12.2. The van der Waals surface area contributed by atoms with Gasteiger partial charge in [-0.2, -0.15) is 0 Å². The van der Waals surface area contributed by atoms with Crippen molar-refractivity contribution in [3.05, 3.63) is 63.1 Å². The zero-order valence-electron chi connectivity index (χ0n) is 10.7. The molecule has 0 fully saturated rings. The maximum atomic E-state index is 12.2. The van der Waals surface area contributed by atoms with E-state index in [1.165, 1.54) is 0 Å². The first kappa shape index (κ1) is 15.4. The lowest BCUT2D eigenvalue weighted by Crippen LogP contribution is -2.12. The van der Waals surface area contributed by atoms with Crippen LogP contribution in [0, 0.1) is 6.92 Å². The van der Waals surface area contributed by atoms with Crippen LogP contribution in [0.5, 0.6) is 0 Å². The maximum Gasteiger partial charge on any atom is 0.255 e. The average molecular weight is 373 g/mol. The van der Waals surface area contributed by atoms with Crippen molar-refractivity contribution in [2.75, 3.05) is 5.32 Å². The molecule has 2 rings (SSSR count). The number of anilines is 1. The first-order valence-electron chi connectivity index (χ1n) is 5.93. The van der Waals surface area contributed by atoms with Crippen LogP contribution >= 0.6 is 39.1 Å². The molecule has 0 atom stereocenters. The molecule has 0 aliphatic heterocycles. The molecule has 0 aliphatic rings. The summed E-state index contributed by atoms with van der Waals surface area (Å²) in [6.07, 6.45) is 0. The SMILES string of the molecule is Cc1ccc(Cl)c(NC(=O)c2ccc(CBr)cc2)c1Cl. The third-order valence-electron chi connectivity index (χ3n) is 2.89. The smallest absolute Gasteiger partial charge is 0.255 e. The third-order valence-corrected chi connectivity index (χ3v) is 4.34. The van der Waals surface area contributed by atoms with Gasteiger partial charge in [0.2, 0.25) is 0 Å². The number of carbonyl (C=O) groups excluding carboxylic acids is 1. The number of amides is 1. The molecular formula is C15H12BrCl2NO. The number of benzene rings is 2. The summed E-state index contributed by atoms with van der Waals surface area (Å²) in [6.45, 7) is 1.86. The summed E-state index contributed by atoms with van der Waals surface area (Å²) in [6, 6.07) is 10.8. The minimum absolute atomic E-state index is 0.236. The predicted octanol–water partition coefficient (Wildman–Crippen LogP) is 5.45. The van der Waals surface area contributed by atoms with Crippen molar-refractivity contribution >= 4 is 50.7 Å². The highest BCUT2D eigenvalue weighted by Crippen LogP contribution is 2.33. The highest BCUT2D eigenvalue weighted by molar-refractivity contribution is 9.08. The van der Waals surface area contributed by atoms with E-state index in [9.17, 15) is 4.79 Å². The Bertz CT molecular complexity index is 641. The van der Waals surface area contributed by atoms with Gasteiger partial charge in [0.1, 0.15) is 0 Å². The van der Waals surface area contributed by atoms with Gasteiger partial charge in [-0.15, -0.1) is 0 Å². The lowest BCUT2D eigenvalue weighted by molar-refractivity contribution is 0.102. The van der Waals surface area contributed by atoms with Gasteiger partial charge in [-0.05, 0) is 36.2 Å². The van der Waals surface area contributed by atoms with E-state index in [1.807, 2.05) is 25.1 Å². The van der Waals surface area contributed by atoms with E-state index in [4.69, 9.17) is 23.2 Å². The van der Waals surface area contributed by atoms with E-state index in [2.05, 4.69) is 21.2 Å². The molecule has 0 saturated carbocycles. The fourth-order valence-corrected chi connectivity index (χ4v) is 2.54. The Morgan fingerprint density at radius 1 is 1.15 bits per heavy atom. The molecule has 20 heavy (non-hydrogen) atoms. The van der Waals surface area contributed by atoms with Crippen molar-refractivity contribution in [1.82, 2.24) is 0 Å². The van der Waals surface area contributed by atoms with Gasteiger partial charge in [-0.25, -0.2) is 0 Å². The van der Waals surface area contributed by atoms with Crippen molar-refractivity contribution < 1.29 is 4.79 Å². The zero-order valence-corrected chi connectivity index (χ0v) is 13.8. The van der Waals surface area contributed by atoms with Gasteiger partial charge < -0.3 is 5.32 Å². The molecule has 0 aliphatic carbocycles. The number of halogens is 3. The van der Waals surface area contributed by atoms with Crippen molar-refractivity contribution in [2.45, 2.75) is 12.3 Å². The number of hydrogen-bond acceptors (Lipinski definition) is 1. The van der Waals surface area contributed by atoms with E-state index < -0.39 is 0 Å². The normalized spacial score (nSPS) is 10.4. The number of nitrogens with one attached hydrogen (secondary N) is 1. The topological polar surface area (TPSA) is 29.1 Å². The highest BCUT2D eigenvalue weighted by atomic mass is 79.9. The van der Waals surface area contributed by atoms with Crippen LogP contribution in [0.15, 0.2) is 36.4 Å². The average Bonchev–Trinajstić information content (AvgIpc) is 2.47. The van der Waals surface area contributed by atoms with Crippen LogP contribution in [0.4, 0.5) is 5.69 Å². The standard InChI is InChI=1S/C15H12BrCl2NO/c1-9-2-7-12(17)14(13(9)18)19-15(20)11-5-3-10(8-16)4-6-11/h2-7H,8H2,1H3,(H,19,20). The fraction of sp³-hybridized carbons (Fsp3) is 0.133. The molecule has 1 N–H and O–H groups in total. The molecule has 0 aromatic heterocycles. The Kier molecular flexibility index (Phi) is 5.08. The van der Waals surface area contributed by atoms with Crippen LogP contribution < -0.4 is 5.32 Å². The lowest BCUT2D eigenvalue weighted by atomic mass is 10.1. The fourth-order valence-electron chi connectivity index (χ4n) is 1.70. The van der Waals surface area contributed by atoms with Crippen LogP contribution in [0.1, 0.15) is 21.5 Å². The van der Waals surface area contributed by atoms with Gasteiger partial charge in [0, 0.05) is 10.9 Å². The largest absolute Gasteiger partial charge is 0.319 e. The zero-order chi connectivity index (χ0) is 14.7. The van der Waals surface area contributed by atoms with Gasteiger partial charge in [0.15, 0.2) is 0 Å².